The van der Waals surface area contributed by atoms with Crippen LogP contribution < -0.4 is 15.4 Å². The molecule has 3 saturated carbocycles. The number of nitrogens with one attached hydrogen (secondary N) is 3. The highest BCUT2D eigenvalue weighted by atomic mass is 32.2. The van der Waals surface area contributed by atoms with Crippen molar-refractivity contribution in [2.45, 2.75) is 81.4 Å². The predicted octanol–water partition coefficient (Wildman–Crippen LogP) is 4.76. The number of nitrogens with zero attached hydrogens (tertiary/aromatic N) is 2. The third-order valence-electron chi connectivity index (χ3n) is 9.71. The number of alkyl halides is 3. The second-order valence-electron chi connectivity index (χ2n) is 13.5. The van der Waals surface area contributed by atoms with E-state index in [1.807, 2.05) is 12.2 Å². The van der Waals surface area contributed by atoms with Crippen molar-refractivity contribution < 1.29 is 45.5 Å². The van der Waals surface area contributed by atoms with E-state index in [4.69, 9.17) is 4.74 Å². The van der Waals surface area contributed by atoms with Crippen molar-refractivity contribution in [2.24, 2.45) is 17.8 Å². The van der Waals surface area contributed by atoms with Gasteiger partial charge in [0.25, 0.3) is 5.91 Å². The zero-order chi connectivity index (χ0) is 36.0. The summed E-state index contributed by atoms with van der Waals surface area (Å²) in [6.07, 6.45) is 1.51. The number of rotatable bonds is 6. The van der Waals surface area contributed by atoms with Crippen LogP contribution in [0.5, 0.6) is 0 Å². The van der Waals surface area contributed by atoms with E-state index in [2.05, 4.69) is 20.3 Å². The summed E-state index contributed by atoms with van der Waals surface area (Å²) in [5.74, 6) is -4.28. The number of anilines is 1. The first-order valence-electron chi connectivity index (χ1n) is 16.5. The molecule has 50 heavy (non-hydrogen) atoms. The number of ether oxygens (including phenoxy) is 1. The van der Waals surface area contributed by atoms with Crippen LogP contribution in [0.3, 0.4) is 0 Å². The summed E-state index contributed by atoms with van der Waals surface area (Å²) in [4.78, 5) is 60.8. The summed E-state index contributed by atoms with van der Waals surface area (Å²) in [6, 6.07) is 2.90. The first-order chi connectivity index (χ1) is 23.6. The standard InChI is InChI=1S/C33H38F3N5O7S2/c1-18-17-37-28(49-18)23-11-8-19(33(34,35)36)13-26(23)38-31(45)48-21-14-24-25(15-21)29(43)41(2)12-6-4-3-5-7-20-16-32(20,39-27(24)42)30(44)40-50(46,47)22-9-10-22/h5,7-8,11,13,17,20-22,24-25H,3-4,6,9-10,12,14-16H2,1-2H3,(H,38,45)(H,39,42)(H,40,44). The van der Waals surface area contributed by atoms with Crippen LogP contribution in [0, 0.1) is 24.7 Å². The lowest BCUT2D eigenvalue weighted by atomic mass is 9.93. The first kappa shape index (κ1) is 35.8. The summed E-state index contributed by atoms with van der Waals surface area (Å²) in [5.41, 5.74) is -2.43. The lowest BCUT2D eigenvalue weighted by molar-refractivity contribution is -0.140. The number of aryl methyl sites for hydroxylation is 1. The fourth-order valence-corrected chi connectivity index (χ4v) is 8.84. The quantitative estimate of drug-likeness (QED) is 0.358. The summed E-state index contributed by atoms with van der Waals surface area (Å²) >= 11 is 1.23. The van der Waals surface area contributed by atoms with E-state index in [0.717, 1.165) is 23.4 Å². The Morgan fingerprint density at radius 3 is 2.56 bits per heavy atom. The summed E-state index contributed by atoms with van der Waals surface area (Å²) in [6.45, 7) is 2.21. The van der Waals surface area contributed by atoms with Crippen LogP contribution in [-0.2, 0) is 35.3 Å². The maximum Gasteiger partial charge on any atom is 0.416 e. The highest BCUT2D eigenvalue weighted by molar-refractivity contribution is 7.91. The molecule has 3 fully saturated rings. The van der Waals surface area contributed by atoms with Gasteiger partial charge < -0.3 is 15.0 Å². The number of thiazole rings is 1. The van der Waals surface area contributed by atoms with Crippen molar-refractivity contribution in [2.75, 3.05) is 18.9 Å². The number of carbonyl (C=O) groups excluding carboxylic acids is 4. The van der Waals surface area contributed by atoms with Crippen LogP contribution in [0.25, 0.3) is 10.6 Å². The molecule has 5 atom stereocenters. The number of hydrogen-bond acceptors (Lipinski definition) is 9. The van der Waals surface area contributed by atoms with E-state index < -0.39 is 74.3 Å². The van der Waals surface area contributed by atoms with Gasteiger partial charge in [-0.05, 0) is 76.5 Å². The van der Waals surface area contributed by atoms with Crippen LogP contribution in [0.15, 0.2) is 36.5 Å². The van der Waals surface area contributed by atoms with Gasteiger partial charge in [0.2, 0.25) is 21.8 Å². The highest BCUT2D eigenvalue weighted by Gasteiger charge is 2.62. The number of allylic oxidation sites excluding steroid dienone is 1. The summed E-state index contributed by atoms with van der Waals surface area (Å²) in [5, 5.41) is 4.91. The van der Waals surface area contributed by atoms with Crippen LogP contribution in [0.1, 0.15) is 61.8 Å². The molecule has 4 amide bonds. The van der Waals surface area contributed by atoms with Gasteiger partial charge in [0.05, 0.1) is 28.3 Å². The average Bonchev–Trinajstić information content (AvgIpc) is 3.93. The van der Waals surface area contributed by atoms with Crippen molar-refractivity contribution in [3.05, 3.63) is 47.0 Å². The maximum atomic E-state index is 13.9. The number of carbonyl (C=O) groups is 4. The molecule has 1 aromatic heterocycles. The Bertz CT molecular complexity index is 1830. The Labute approximate surface area is 291 Å². The van der Waals surface area contributed by atoms with E-state index in [-0.39, 0.29) is 36.4 Å². The molecule has 12 nitrogen and oxygen atoms in total. The molecule has 1 aromatic carbocycles. The normalized spacial score (nSPS) is 27.4. The minimum Gasteiger partial charge on any atom is -0.446 e. The summed E-state index contributed by atoms with van der Waals surface area (Å²) in [7, 11) is -2.29. The first-order valence-corrected chi connectivity index (χ1v) is 18.8. The molecule has 0 spiro atoms. The van der Waals surface area contributed by atoms with Crippen LogP contribution in [0.2, 0.25) is 0 Å². The number of benzene rings is 1. The molecule has 3 aliphatic carbocycles. The Morgan fingerprint density at radius 2 is 1.88 bits per heavy atom. The second kappa shape index (κ2) is 13.6. The fraction of sp³-hybridized carbons (Fsp3) is 0.545. The average molecular weight is 738 g/mol. The zero-order valence-electron chi connectivity index (χ0n) is 27.4. The molecule has 3 N–H and O–H groups in total. The predicted molar refractivity (Wildman–Crippen MR) is 177 cm³/mol. The molecule has 2 heterocycles. The van der Waals surface area contributed by atoms with Crippen LogP contribution >= 0.6 is 11.3 Å². The molecular formula is C33H38F3N5O7S2. The minimum absolute atomic E-state index is 0.0472. The Hall–Kier alpha value is -3.99. The Morgan fingerprint density at radius 1 is 1.14 bits per heavy atom. The second-order valence-corrected chi connectivity index (χ2v) is 16.7. The van der Waals surface area contributed by atoms with Gasteiger partial charge in [0, 0.05) is 36.1 Å². The van der Waals surface area contributed by atoms with E-state index in [9.17, 15) is 40.8 Å². The van der Waals surface area contributed by atoms with Crippen molar-refractivity contribution >= 4 is 50.9 Å². The summed E-state index contributed by atoms with van der Waals surface area (Å²) < 4.78 is 73.9. The zero-order valence-corrected chi connectivity index (χ0v) is 29.1. The van der Waals surface area contributed by atoms with Crippen molar-refractivity contribution in [1.29, 1.82) is 0 Å². The molecule has 0 saturated heterocycles. The van der Waals surface area contributed by atoms with Crippen molar-refractivity contribution in [3.8, 4) is 10.6 Å². The molecule has 2 aromatic rings. The molecule has 5 unspecified atom stereocenters. The van der Waals surface area contributed by atoms with E-state index in [1.165, 1.54) is 22.3 Å². The Kier molecular flexibility index (Phi) is 9.76. The SMILES string of the molecule is Cc1cnc(-c2ccc(C(F)(F)F)cc2NC(=O)OC2CC3C(=O)NC4(C(=O)NS(=O)(=O)C5CC5)CC4C=CCCCCN(C)C(=O)C3C2)s1. The fourth-order valence-electron chi connectivity index (χ4n) is 6.67. The Balaban J connectivity index is 1.22. The largest absolute Gasteiger partial charge is 0.446 e. The third-order valence-corrected chi connectivity index (χ3v) is 12.5. The molecule has 1 aliphatic heterocycles. The van der Waals surface area contributed by atoms with Crippen molar-refractivity contribution in [1.82, 2.24) is 19.9 Å². The number of halogens is 3. The van der Waals surface area contributed by atoms with Crippen LogP contribution in [-0.4, -0.2) is 72.6 Å². The molecule has 0 radical (unpaired) electrons. The molecule has 17 heteroatoms. The van der Waals surface area contributed by atoms with Gasteiger partial charge in [0.15, 0.2) is 0 Å². The van der Waals surface area contributed by atoms with Gasteiger partial charge in [-0.15, -0.1) is 11.3 Å². The van der Waals surface area contributed by atoms with Gasteiger partial charge in [-0.2, -0.15) is 13.2 Å². The third kappa shape index (κ3) is 7.67. The molecular weight excluding hydrogens is 700 g/mol. The van der Waals surface area contributed by atoms with Crippen LogP contribution in [0.4, 0.5) is 23.7 Å². The number of aromatic nitrogens is 1. The van der Waals surface area contributed by atoms with E-state index >= 15 is 0 Å². The van der Waals surface area contributed by atoms with Gasteiger partial charge >= 0.3 is 12.3 Å². The minimum atomic E-state index is -4.69. The number of sulfonamides is 1. The van der Waals surface area contributed by atoms with Gasteiger partial charge in [-0.1, -0.05) is 12.2 Å². The monoisotopic (exact) mass is 737 g/mol. The van der Waals surface area contributed by atoms with E-state index in [0.29, 0.717) is 37.2 Å². The highest BCUT2D eigenvalue weighted by Crippen LogP contribution is 2.47. The number of amides is 4. The number of fused-ring (bicyclic) bond motifs is 2. The van der Waals surface area contributed by atoms with E-state index in [1.54, 1.807) is 20.2 Å². The van der Waals surface area contributed by atoms with Gasteiger partial charge in [-0.25, -0.2) is 18.2 Å². The molecule has 6 rings (SSSR count). The molecule has 4 aliphatic rings. The number of hydrogen-bond donors (Lipinski definition) is 3. The molecule has 270 valence electrons. The van der Waals surface area contributed by atoms with Gasteiger partial charge in [-0.3, -0.25) is 24.4 Å². The van der Waals surface area contributed by atoms with Gasteiger partial charge in [0.1, 0.15) is 16.7 Å². The topological polar surface area (TPSA) is 164 Å². The molecule has 0 bridgehead atoms. The maximum absolute atomic E-state index is 13.9. The lowest BCUT2D eigenvalue weighted by Crippen LogP contribution is -2.54. The lowest BCUT2D eigenvalue weighted by Gasteiger charge is -2.26. The smallest absolute Gasteiger partial charge is 0.416 e. The van der Waals surface area contributed by atoms with Crippen molar-refractivity contribution in [3.63, 3.8) is 0 Å².